The highest BCUT2D eigenvalue weighted by Crippen LogP contribution is 2.14. The molecule has 0 aliphatic rings. The van der Waals surface area contributed by atoms with Crippen molar-refractivity contribution >= 4 is 5.91 Å². The van der Waals surface area contributed by atoms with E-state index in [4.69, 9.17) is 9.47 Å². The van der Waals surface area contributed by atoms with Gasteiger partial charge in [-0.1, -0.05) is 24.6 Å². The maximum atomic E-state index is 11.8. The van der Waals surface area contributed by atoms with E-state index in [0.717, 1.165) is 0 Å². The van der Waals surface area contributed by atoms with Crippen molar-refractivity contribution < 1.29 is 14.3 Å². The summed E-state index contributed by atoms with van der Waals surface area (Å²) in [5.41, 5.74) is 1.17. The first-order chi connectivity index (χ1) is 8.67. The SMILES string of the molecule is CCC(Oc1ccc(C)cc1)C(=O)NCCOC. The van der Waals surface area contributed by atoms with Crippen LogP contribution in [0.5, 0.6) is 5.75 Å². The minimum Gasteiger partial charge on any atom is -0.481 e. The number of hydrogen-bond donors (Lipinski definition) is 1. The minimum absolute atomic E-state index is 0.102. The van der Waals surface area contributed by atoms with Gasteiger partial charge in [-0.25, -0.2) is 0 Å². The number of aryl methyl sites for hydroxylation is 1. The molecule has 4 nitrogen and oxygen atoms in total. The van der Waals surface area contributed by atoms with E-state index in [9.17, 15) is 4.79 Å². The summed E-state index contributed by atoms with van der Waals surface area (Å²) in [6.07, 6.45) is 0.178. The summed E-state index contributed by atoms with van der Waals surface area (Å²) in [4.78, 5) is 11.8. The van der Waals surface area contributed by atoms with Gasteiger partial charge in [0.2, 0.25) is 0 Å². The molecule has 0 radical (unpaired) electrons. The van der Waals surface area contributed by atoms with Gasteiger partial charge >= 0.3 is 0 Å². The average Bonchev–Trinajstić information content (AvgIpc) is 2.38. The second kappa shape index (κ2) is 7.71. The fraction of sp³-hybridized carbons (Fsp3) is 0.500. The van der Waals surface area contributed by atoms with E-state index in [2.05, 4.69) is 5.32 Å². The van der Waals surface area contributed by atoms with Crippen LogP contribution in [-0.2, 0) is 9.53 Å². The van der Waals surface area contributed by atoms with Crippen LogP contribution in [0.1, 0.15) is 18.9 Å². The maximum absolute atomic E-state index is 11.8. The highest BCUT2D eigenvalue weighted by molar-refractivity contribution is 5.81. The van der Waals surface area contributed by atoms with Crippen molar-refractivity contribution in [2.24, 2.45) is 0 Å². The van der Waals surface area contributed by atoms with Crippen molar-refractivity contribution in [2.45, 2.75) is 26.4 Å². The van der Waals surface area contributed by atoms with Gasteiger partial charge in [0.05, 0.1) is 6.61 Å². The van der Waals surface area contributed by atoms with Gasteiger partial charge in [-0.2, -0.15) is 0 Å². The van der Waals surface area contributed by atoms with Crippen LogP contribution in [0.3, 0.4) is 0 Å². The molecule has 18 heavy (non-hydrogen) atoms. The third-order valence-corrected chi connectivity index (χ3v) is 2.57. The molecule has 1 rings (SSSR count). The average molecular weight is 251 g/mol. The van der Waals surface area contributed by atoms with E-state index in [1.807, 2.05) is 38.1 Å². The summed E-state index contributed by atoms with van der Waals surface area (Å²) in [5, 5.41) is 2.78. The van der Waals surface area contributed by atoms with Crippen LogP contribution >= 0.6 is 0 Å². The topological polar surface area (TPSA) is 47.6 Å². The molecule has 0 spiro atoms. The highest BCUT2D eigenvalue weighted by atomic mass is 16.5. The Balaban J connectivity index is 2.50. The first kappa shape index (κ1) is 14.5. The Morgan fingerprint density at radius 2 is 2.00 bits per heavy atom. The highest BCUT2D eigenvalue weighted by Gasteiger charge is 2.17. The molecule has 0 aromatic heterocycles. The first-order valence-corrected chi connectivity index (χ1v) is 6.17. The first-order valence-electron chi connectivity index (χ1n) is 6.17. The van der Waals surface area contributed by atoms with Gasteiger partial charge in [0.1, 0.15) is 5.75 Å². The second-order valence-electron chi connectivity index (χ2n) is 4.11. The molecule has 0 aliphatic heterocycles. The quantitative estimate of drug-likeness (QED) is 0.753. The fourth-order valence-corrected chi connectivity index (χ4v) is 1.49. The maximum Gasteiger partial charge on any atom is 0.261 e. The molecule has 0 aliphatic carbocycles. The van der Waals surface area contributed by atoms with Crippen LogP contribution in [0.4, 0.5) is 0 Å². The standard InChI is InChI=1S/C14H21NO3/c1-4-13(14(16)15-9-10-17-3)18-12-7-5-11(2)6-8-12/h5-8,13H,4,9-10H2,1-3H3,(H,15,16). The van der Waals surface area contributed by atoms with Crippen LogP contribution in [-0.4, -0.2) is 32.3 Å². The van der Waals surface area contributed by atoms with Gasteiger partial charge in [-0.3, -0.25) is 4.79 Å². The van der Waals surface area contributed by atoms with Crippen molar-refractivity contribution in [1.29, 1.82) is 0 Å². The van der Waals surface area contributed by atoms with E-state index >= 15 is 0 Å². The van der Waals surface area contributed by atoms with Gasteiger partial charge in [-0.15, -0.1) is 0 Å². The summed E-state index contributed by atoms with van der Waals surface area (Å²) in [6.45, 7) is 4.95. The summed E-state index contributed by atoms with van der Waals surface area (Å²) < 4.78 is 10.5. The van der Waals surface area contributed by atoms with Gasteiger partial charge in [-0.05, 0) is 25.5 Å². The van der Waals surface area contributed by atoms with E-state index in [0.29, 0.717) is 25.3 Å². The van der Waals surface area contributed by atoms with E-state index < -0.39 is 6.10 Å². The molecule has 0 heterocycles. The summed E-state index contributed by atoms with van der Waals surface area (Å²) in [7, 11) is 1.60. The molecule has 1 aromatic rings. The fourth-order valence-electron chi connectivity index (χ4n) is 1.49. The summed E-state index contributed by atoms with van der Waals surface area (Å²) in [6, 6.07) is 7.68. The molecular formula is C14H21NO3. The predicted octanol–water partition coefficient (Wildman–Crippen LogP) is 1.92. The van der Waals surface area contributed by atoms with Crippen molar-refractivity contribution in [3.8, 4) is 5.75 Å². The van der Waals surface area contributed by atoms with Crippen molar-refractivity contribution in [1.82, 2.24) is 5.32 Å². The molecule has 1 atom stereocenters. The number of carbonyl (C=O) groups excluding carboxylic acids is 1. The normalized spacial score (nSPS) is 11.9. The van der Waals surface area contributed by atoms with Crippen molar-refractivity contribution in [3.63, 3.8) is 0 Å². The molecule has 1 unspecified atom stereocenters. The molecule has 0 saturated heterocycles. The lowest BCUT2D eigenvalue weighted by atomic mass is 10.2. The van der Waals surface area contributed by atoms with Gasteiger partial charge < -0.3 is 14.8 Å². The Morgan fingerprint density at radius 1 is 1.33 bits per heavy atom. The molecule has 0 fully saturated rings. The number of benzene rings is 1. The summed E-state index contributed by atoms with van der Waals surface area (Å²) in [5.74, 6) is 0.615. The van der Waals surface area contributed by atoms with Crippen LogP contribution in [0.25, 0.3) is 0 Å². The Labute approximate surface area is 108 Å². The molecule has 1 N–H and O–H groups in total. The third kappa shape index (κ3) is 4.75. The van der Waals surface area contributed by atoms with E-state index in [-0.39, 0.29) is 5.91 Å². The lowest BCUT2D eigenvalue weighted by Crippen LogP contribution is -2.39. The van der Waals surface area contributed by atoms with Crippen LogP contribution < -0.4 is 10.1 Å². The lowest BCUT2D eigenvalue weighted by molar-refractivity contribution is -0.128. The van der Waals surface area contributed by atoms with Crippen LogP contribution in [0.15, 0.2) is 24.3 Å². The number of carbonyl (C=O) groups is 1. The monoisotopic (exact) mass is 251 g/mol. The van der Waals surface area contributed by atoms with Crippen molar-refractivity contribution in [2.75, 3.05) is 20.3 Å². The van der Waals surface area contributed by atoms with Gasteiger partial charge in [0.15, 0.2) is 6.10 Å². The third-order valence-electron chi connectivity index (χ3n) is 2.57. The van der Waals surface area contributed by atoms with Gasteiger partial charge in [0.25, 0.3) is 5.91 Å². The molecular weight excluding hydrogens is 230 g/mol. The Hall–Kier alpha value is -1.55. The predicted molar refractivity (Wildman–Crippen MR) is 70.8 cm³/mol. The number of amides is 1. The van der Waals surface area contributed by atoms with E-state index in [1.165, 1.54) is 5.56 Å². The number of nitrogens with one attached hydrogen (secondary N) is 1. The molecule has 1 aromatic carbocycles. The number of ether oxygens (including phenoxy) is 2. The smallest absolute Gasteiger partial charge is 0.261 e. The molecule has 0 bridgehead atoms. The van der Waals surface area contributed by atoms with Crippen molar-refractivity contribution in [3.05, 3.63) is 29.8 Å². The Bertz CT molecular complexity index is 362. The molecule has 1 amide bonds. The molecule has 4 heteroatoms. The molecule has 0 saturated carbocycles. The molecule has 100 valence electrons. The number of rotatable bonds is 7. The van der Waals surface area contributed by atoms with Gasteiger partial charge in [0, 0.05) is 13.7 Å². The second-order valence-corrected chi connectivity index (χ2v) is 4.11. The van der Waals surface area contributed by atoms with Crippen LogP contribution in [0.2, 0.25) is 0 Å². The summed E-state index contributed by atoms with van der Waals surface area (Å²) >= 11 is 0. The number of methoxy groups -OCH3 is 1. The zero-order valence-corrected chi connectivity index (χ0v) is 11.2. The number of hydrogen-bond acceptors (Lipinski definition) is 3. The zero-order chi connectivity index (χ0) is 13.4. The zero-order valence-electron chi connectivity index (χ0n) is 11.2. The van der Waals surface area contributed by atoms with E-state index in [1.54, 1.807) is 7.11 Å². The largest absolute Gasteiger partial charge is 0.481 e. The lowest BCUT2D eigenvalue weighted by Gasteiger charge is -2.17. The minimum atomic E-state index is -0.454. The van der Waals surface area contributed by atoms with Crippen LogP contribution in [0, 0.1) is 6.92 Å². The Morgan fingerprint density at radius 3 is 2.56 bits per heavy atom. The Kier molecular flexibility index (Phi) is 6.22.